The Morgan fingerprint density at radius 1 is 1.36 bits per heavy atom. The van der Waals surface area contributed by atoms with Gasteiger partial charge < -0.3 is 9.88 Å². The second-order valence-corrected chi connectivity index (χ2v) is 6.56. The fraction of sp³-hybridized carbons (Fsp3) is 0.421. The molecule has 0 aliphatic carbocycles. The van der Waals surface area contributed by atoms with E-state index in [1.807, 2.05) is 29.2 Å². The van der Waals surface area contributed by atoms with Gasteiger partial charge >= 0.3 is 0 Å². The number of nitrogens with zero attached hydrogens (tertiary/aromatic N) is 4. The topological polar surface area (TPSA) is 76.0 Å². The van der Waals surface area contributed by atoms with Crippen LogP contribution in [0.2, 0.25) is 0 Å². The smallest absolute Gasteiger partial charge is 0.223 e. The van der Waals surface area contributed by atoms with Crippen molar-refractivity contribution in [1.29, 1.82) is 5.26 Å². The molecular weight excluding hydrogens is 314 g/mol. The molecule has 3 rings (SSSR count). The first-order chi connectivity index (χ1) is 12.2. The SMILES string of the molecule is C[C@@H]1CN(Cc2ccc(C#N)cc2)CCN1C(=O)CCc1cnc[nH]1. The van der Waals surface area contributed by atoms with Crippen molar-refractivity contribution in [3.05, 3.63) is 53.6 Å². The summed E-state index contributed by atoms with van der Waals surface area (Å²) in [6.45, 7) is 5.47. The molecule has 1 amide bonds. The molecule has 6 heteroatoms. The molecule has 0 radical (unpaired) electrons. The number of H-pyrrole nitrogens is 1. The van der Waals surface area contributed by atoms with Crippen LogP contribution in [0.15, 0.2) is 36.8 Å². The lowest BCUT2D eigenvalue weighted by molar-refractivity contribution is -0.135. The quantitative estimate of drug-likeness (QED) is 0.905. The van der Waals surface area contributed by atoms with E-state index in [2.05, 4.69) is 27.9 Å². The van der Waals surface area contributed by atoms with Gasteiger partial charge in [-0.05, 0) is 31.0 Å². The van der Waals surface area contributed by atoms with Crippen LogP contribution in [0.4, 0.5) is 0 Å². The molecule has 1 saturated heterocycles. The Morgan fingerprint density at radius 2 is 2.16 bits per heavy atom. The molecule has 0 spiro atoms. The zero-order valence-electron chi connectivity index (χ0n) is 14.5. The predicted molar refractivity (Wildman–Crippen MR) is 94.5 cm³/mol. The molecular formula is C19H23N5O. The zero-order chi connectivity index (χ0) is 17.6. The Morgan fingerprint density at radius 3 is 2.80 bits per heavy atom. The Hall–Kier alpha value is -2.65. The third-order valence-electron chi connectivity index (χ3n) is 4.68. The maximum absolute atomic E-state index is 12.5. The van der Waals surface area contributed by atoms with E-state index < -0.39 is 0 Å². The summed E-state index contributed by atoms with van der Waals surface area (Å²) in [5.74, 6) is 0.208. The number of aromatic nitrogens is 2. The molecule has 1 aliphatic rings. The average molecular weight is 337 g/mol. The van der Waals surface area contributed by atoms with Crippen molar-refractivity contribution in [2.75, 3.05) is 19.6 Å². The van der Waals surface area contributed by atoms with E-state index in [1.165, 1.54) is 5.56 Å². The van der Waals surface area contributed by atoms with Crippen molar-refractivity contribution in [2.24, 2.45) is 0 Å². The number of piperazine rings is 1. The van der Waals surface area contributed by atoms with Crippen molar-refractivity contribution in [3.8, 4) is 6.07 Å². The van der Waals surface area contributed by atoms with Gasteiger partial charge in [-0.3, -0.25) is 9.69 Å². The summed E-state index contributed by atoms with van der Waals surface area (Å²) >= 11 is 0. The van der Waals surface area contributed by atoms with Gasteiger partial charge in [0, 0.05) is 50.5 Å². The Balaban J connectivity index is 1.49. The molecule has 1 atom stereocenters. The van der Waals surface area contributed by atoms with Crippen LogP contribution < -0.4 is 0 Å². The summed E-state index contributed by atoms with van der Waals surface area (Å²) in [6.07, 6.45) is 4.63. The lowest BCUT2D eigenvalue weighted by atomic mass is 10.1. The standard InChI is InChI=1S/C19H23N5O/c1-15-12-23(13-17-4-2-16(10-20)3-5-17)8-9-24(15)19(25)7-6-18-11-21-14-22-18/h2-5,11,14-15H,6-9,12-13H2,1H3,(H,21,22)/t15-/m1/s1. The third kappa shape index (κ3) is 4.46. The largest absolute Gasteiger partial charge is 0.348 e. The first kappa shape index (κ1) is 17.2. The predicted octanol–water partition coefficient (Wildman–Crippen LogP) is 1.95. The molecule has 1 fully saturated rings. The summed E-state index contributed by atoms with van der Waals surface area (Å²) in [6, 6.07) is 10.1. The number of aromatic amines is 1. The van der Waals surface area contributed by atoms with Crippen molar-refractivity contribution < 1.29 is 4.79 Å². The van der Waals surface area contributed by atoms with Crippen LogP contribution in [0, 0.1) is 11.3 Å². The van der Waals surface area contributed by atoms with E-state index in [0.29, 0.717) is 18.4 Å². The molecule has 2 heterocycles. The van der Waals surface area contributed by atoms with Gasteiger partial charge in [-0.25, -0.2) is 4.98 Å². The lowest BCUT2D eigenvalue weighted by Gasteiger charge is -2.40. The Bertz CT molecular complexity index is 732. The molecule has 0 unspecified atom stereocenters. The highest BCUT2D eigenvalue weighted by molar-refractivity contribution is 5.76. The molecule has 1 aromatic carbocycles. The van der Waals surface area contributed by atoms with Crippen molar-refractivity contribution in [2.45, 2.75) is 32.4 Å². The fourth-order valence-electron chi connectivity index (χ4n) is 3.30. The number of nitriles is 1. The molecule has 0 saturated carbocycles. The molecule has 25 heavy (non-hydrogen) atoms. The van der Waals surface area contributed by atoms with Crippen LogP contribution in [0.1, 0.15) is 30.2 Å². The van der Waals surface area contributed by atoms with Gasteiger partial charge in [0.2, 0.25) is 5.91 Å². The van der Waals surface area contributed by atoms with Crippen LogP contribution in [0.5, 0.6) is 0 Å². The number of aryl methyl sites for hydroxylation is 1. The first-order valence-corrected chi connectivity index (χ1v) is 8.64. The van der Waals surface area contributed by atoms with E-state index in [9.17, 15) is 4.79 Å². The normalized spacial score (nSPS) is 18.1. The Kier molecular flexibility index (Phi) is 5.46. The van der Waals surface area contributed by atoms with Gasteiger partial charge in [-0.2, -0.15) is 5.26 Å². The molecule has 6 nitrogen and oxygen atoms in total. The lowest BCUT2D eigenvalue weighted by Crippen LogP contribution is -2.53. The summed E-state index contributed by atoms with van der Waals surface area (Å²) in [4.78, 5) is 23.9. The first-order valence-electron chi connectivity index (χ1n) is 8.64. The summed E-state index contributed by atoms with van der Waals surface area (Å²) in [5.41, 5.74) is 2.88. The Labute approximate surface area is 148 Å². The van der Waals surface area contributed by atoms with Crippen LogP contribution >= 0.6 is 0 Å². The number of hydrogen-bond donors (Lipinski definition) is 1. The highest BCUT2D eigenvalue weighted by Crippen LogP contribution is 2.15. The van der Waals surface area contributed by atoms with Gasteiger partial charge in [0.05, 0.1) is 18.0 Å². The van der Waals surface area contributed by atoms with Gasteiger partial charge in [0.25, 0.3) is 0 Å². The number of nitrogens with one attached hydrogen (secondary N) is 1. The number of imidazole rings is 1. The number of rotatable bonds is 5. The third-order valence-corrected chi connectivity index (χ3v) is 4.68. The minimum Gasteiger partial charge on any atom is -0.348 e. The van der Waals surface area contributed by atoms with E-state index in [0.717, 1.165) is 31.9 Å². The van der Waals surface area contributed by atoms with Gasteiger partial charge in [-0.15, -0.1) is 0 Å². The van der Waals surface area contributed by atoms with E-state index >= 15 is 0 Å². The number of carbonyl (C=O) groups is 1. The highest BCUT2D eigenvalue weighted by Gasteiger charge is 2.27. The number of hydrogen-bond acceptors (Lipinski definition) is 4. The number of benzene rings is 1. The number of carbonyl (C=O) groups excluding carboxylic acids is 1. The molecule has 1 aromatic heterocycles. The van der Waals surface area contributed by atoms with Crippen LogP contribution in [0.3, 0.4) is 0 Å². The van der Waals surface area contributed by atoms with Crippen LogP contribution in [-0.4, -0.2) is 51.4 Å². The highest BCUT2D eigenvalue weighted by atomic mass is 16.2. The monoisotopic (exact) mass is 337 g/mol. The van der Waals surface area contributed by atoms with E-state index in [1.54, 1.807) is 12.5 Å². The minimum atomic E-state index is 0.208. The average Bonchev–Trinajstić information content (AvgIpc) is 3.14. The zero-order valence-corrected chi connectivity index (χ0v) is 14.5. The van der Waals surface area contributed by atoms with Gasteiger partial charge in [0.15, 0.2) is 0 Å². The van der Waals surface area contributed by atoms with Gasteiger partial charge in [0.1, 0.15) is 0 Å². The maximum atomic E-state index is 12.5. The molecule has 0 bridgehead atoms. The van der Waals surface area contributed by atoms with Gasteiger partial charge in [-0.1, -0.05) is 12.1 Å². The second-order valence-electron chi connectivity index (χ2n) is 6.56. The number of amides is 1. The van der Waals surface area contributed by atoms with E-state index in [-0.39, 0.29) is 11.9 Å². The van der Waals surface area contributed by atoms with Crippen molar-refractivity contribution in [1.82, 2.24) is 19.8 Å². The van der Waals surface area contributed by atoms with Crippen molar-refractivity contribution >= 4 is 5.91 Å². The summed E-state index contributed by atoms with van der Waals surface area (Å²) in [7, 11) is 0. The van der Waals surface area contributed by atoms with Crippen LogP contribution in [-0.2, 0) is 17.8 Å². The van der Waals surface area contributed by atoms with Crippen LogP contribution in [0.25, 0.3) is 0 Å². The summed E-state index contributed by atoms with van der Waals surface area (Å²) < 4.78 is 0. The van der Waals surface area contributed by atoms with E-state index in [4.69, 9.17) is 5.26 Å². The van der Waals surface area contributed by atoms with Crippen molar-refractivity contribution in [3.63, 3.8) is 0 Å². The fourth-order valence-corrected chi connectivity index (χ4v) is 3.30. The maximum Gasteiger partial charge on any atom is 0.223 e. The second kappa shape index (κ2) is 7.95. The summed E-state index contributed by atoms with van der Waals surface area (Å²) in [5, 5.41) is 8.87. The molecule has 130 valence electrons. The minimum absolute atomic E-state index is 0.208. The molecule has 1 aliphatic heterocycles. The molecule has 2 aromatic rings. The molecule has 1 N–H and O–H groups in total.